The lowest BCUT2D eigenvalue weighted by molar-refractivity contribution is 0.0950. The van der Waals surface area contributed by atoms with E-state index in [-0.39, 0.29) is 22.7 Å². The lowest BCUT2D eigenvalue weighted by Gasteiger charge is -2.10. The average molecular weight is 392 g/mol. The van der Waals surface area contributed by atoms with Crippen LogP contribution < -0.4 is 10.0 Å². The van der Waals surface area contributed by atoms with E-state index >= 15 is 0 Å². The van der Waals surface area contributed by atoms with Gasteiger partial charge in [0.25, 0.3) is 15.9 Å². The van der Waals surface area contributed by atoms with E-state index in [1.165, 1.54) is 30.3 Å². The molecule has 3 aromatic rings. The molecule has 8 heteroatoms. The summed E-state index contributed by atoms with van der Waals surface area (Å²) in [4.78, 5) is 16.4. The Labute approximate surface area is 162 Å². The molecule has 0 radical (unpaired) electrons. The Morgan fingerprint density at radius 1 is 1.04 bits per heavy atom. The number of nitriles is 1. The zero-order chi connectivity index (χ0) is 20.0. The molecule has 7 nitrogen and oxygen atoms in total. The van der Waals surface area contributed by atoms with Crippen LogP contribution in [0.15, 0.2) is 77.8 Å². The van der Waals surface area contributed by atoms with Crippen LogP contribution in [-0.2, 0) is 16.6 Å². The van der Waals surface area contributed by atoms with Gasteiger partial charge >= 0.3 is 0 Å². The summed E-state index contributed by atoms with van der Waals surface area (Å²) in [6.07, 6.45) is 1.63. The van der Waals surface area contributed by atoms with Crippen LogP contribution in [0.4, 0.5) is 5.69 Å². The zero-order valence-electron chi connectivity index (χ0n) is 14.7. The number of rotatable bonds is 6. The maximum atomic E-state index is 12.6. The molecule has 0 aliphatic rings. The molecule has 0 aliphatic heterocycles. The van der Waals surface area contributed by atoms with Crippen LogP contribution in [0.1, 0.15) is 21.6 Å². The van der Waals surface area contributed by atoms with Crippen molar-refractivity contribution in [2.75, 3.05) is 4.72 Å². The Morgan fingerprint density at radius 2 is 1.86 bits per heavy atom. The third-order valence-electron chi connectivity index (χ3n) is 3.81. The van der Waals surface area contributed by atoms with E-state index in [0.29, 0.717) is 11.3 Å². The summed E-state index contributed by atoms with van der Waals surface area (Å²) in [5.41, 5.74) is 1.51. The summed E-state index contributed by atoms with van der Waals surface area (Å²) in [6.45, 7) is 0.232. The molecule has 0 atom stereocenters. The van der Waals surface area contributed by atoms with Gasteiger partial charge in [-0.1, -0.05) is 18.2 Å². The fourth-order valence-corrected chi connectivity index (χ4v) is 3.54. The average Bonchev–Trinajstić information content (AvgIpc) is 2.72. The maximum Gasteiger partial charge on any atom is 0.261 e. The second kappa shape index (κ2) is 8.33. The van der Waals surface area contributed by atoms with E-state index in [9.17, 15) is 13.2 Å². The highest BCUT2D eigenvalue weighted by molar-refractivity contribution is 7.92. The lowest BCUT2D eigenvalue weighted by Crippen LogP contribution is -2.23. The summed E-state index contributed by atoms with van der Waals surface area (Å²) in [7, 11) is -3.91. The van der Waals surface area contributed by atoms with Crippen molar-refractivity contribution in [3.05, 3.63) is 89.7 Å². The first-order chi connectivity index (χ1) is 13.5. The minimum absolute atomic E-state index is 0.0552. The first-order valence-electron chi connectivity index (χ1n) is 8.29. The van der Waals surface area contributed by atoms with E-state index in [1.54, 1.807) is 36.5 Å². The van der Waals surface area contributed by atoms with Crippen LogP contribution in [0.3, 0.4) is 0 Å². The smallest absolute Gasteiger partial charge is 0.261 e. The van der Waals surface area contributed by atoms with Crippen molar-refractivity contribution in [3.8, 4) is 6.07 Å². The number of sulfonamides is 1. The molecule has 0 aliphatic carbocycles. The number of pyridine rings is 1. The van der Waals surface area contributed by atoms with E-state index in [4.69, 9.17) is 5.26 Å². The number of hydrogen-bond donors (Lipinski definition) is 2. The van der Waals surface area contributed by atoms with Crippen molar-refractivity contribution in [2.45, 2.75) is 11.4 Å². The van der Waals surface area contributed by atoms with Gasteiger partial charge in [0.2, 0.25) is 0 Å². The van der Waals surface area contributed by atoms with Gasteiger partial charge in [0.1, 0.15) is 0 Å². The molecule has 1 aromatic heterocycles. The zero-order valence-corrected chi connectivity index (χ0v) is 15.5. The number of aromatic nitrogens is 1. The normalized spacial score (nSPS) is 10.7. The predicted octanol–water partition coefficient (Wildman–Crippen LogP) is 2.68. The first kappa shape index (κ1) is 19.1. The van der Waals surface area contributed by atoms with Crippen LogP contribution in [-0.4, -0.2) is 19.3 Å². The molecule has 0 saturated carbocycles. The summed E-state index contributed by atoms with van der Waals surface area (Å²) >= 11 is 0. The quantitative estimate of drug-likeness (QED) is 0.670. The van der Waals surface area contributed by atoms with Gasteiger partial charge in [-0.25, -0.2) is 8.42 Å². The number of nitrogens with zero attached hydrogens (tertiary/aromatic N) is 2. The van der Waals surface area contributed by atoms with Crippen molar-refractivity contribution in [1.29, 1.82) is 5.26 Å². The standard InChI is InChI=1S/C20H16N4O3S/c21-13-15-5-3-8-17(11-15)24-28(26,27)19-9-4-6-16(12-19)20(25)23-14-18-7-1-2-10-22-18/h1-12,24H,14H2,(H,23,25). The molecular weight excluding hydrogens is 376 g/mol. The Hall–Kier alpha value is -3.70. The second-order valence-electron chi connectivity index (χ2n) is 5.83. The first-order valence-corrected chi connectivity index (χ1v) is 9.77. The molecule has 2 N–H and O–H groups in total. The molecular formula is C20H16N4O3S. The number of anilines is 1. The summed E-state index contributed by atoms with van der Waals surface area (Å²) in [6, 6.07) is 19.2. The molecule has 28 heavy (non-hydrogen) atoms. The van der Waals surface area contributed by atoms with E-state index in [0.717, 1.165) is 0 Å². The number of benzene rings is 2. The third kappa shape index (κ3) is 4.72. The number of hydrogen-bond acceptors (Lipinski definition) is 5. The monoisotopic (exact) mass is 392 g/mol. The molecule has 0 fully saturated rings. The number of carbonyl (C=O) groups is 1. The largest absolute Gasteiger partial charge is 0.346 e. The van der Waals surface area contributed by atoms with Gasteiger partial charge in [-0.2, -0.15) is 5.26 Å². The molecule has 0 saturated heterocycles. The SMILES string of the molecule is N#Cc1cccc(NS(=O)(=O)c2cccc(C(=O)NCc3ccccn3)c2)c1. The maximum absolute atomic E-state index is 12.6. The van der Waals surface area contributed by atoms with E-state index in [2.05, 4.69) is 15.0 Å². The van der Waals surface area contributed by atoms with Crippen LogP contribution >= 0.6 is 0 Å². The molecule has 0 bridgehead atoms. The second-order valence-corrected chi connectivity index (χ2v) is 7.51. The topological polar surface area (TPSA) is 112 Å². The molecule has 140 valence electrons. The van der Waals surface area contributed by atoms with Crippen molar-refractivity contribution >= 4 is 21.6 Å². The van der Waals surface area contributed by atoms with Crippen LogP contribution in [0.2, 0.25) is 0 Å². The molecule has 1 heterocycles. The van der Waals surface area contributed by atoms with E-state index in [1.807, 2.05) is 12.1 Å². The van der Waals surface area contributed by atoms with Gasteiger partial charge in [0, 0.05) is 11.8 Å². The van der Waals surface area contributed by atoms with Gasteiger partial charge in [-0.15, -0.1) is 0 Å². The fourth-order valence-electron chi connectivity index (χ4n) is 2.45. The van der Waals surface area contributed by atoms with Crippen molar-refractivity contribution < 1.29 is 13.2 Å². The highest BCUT2D eigenvalue weighted by Gasteiger charge is 2.17. The number of carbonyl (C=O) groups excluding carboxylic acids is 1. The predicted molar refractivity (Wildman–Crippen MR) is 104 cm³/mol. The fraction of sp³-hybridized carbons (Fsp3) is 0.0500. The van der Waals surface area contributed by atoms with Gasteiger partial charge in [-0.3, -0.25) is 14.5 Å². The minimum atomic E-state index is -3.91. The van der Waals surface area contributed by atoms with Crippen LogP contribution in [0.5, 0.6) is 0 Å². The highest BCUT2D eigenvalue weighted by Crippen LogP contribution is 2.18. The van der Waals surface area contributed by atoms with Crippen molar-refractivity contribution in [3.63, 3.8) is 0 Å². The van der Waals surface area contributed by atoms with Crippen molar-refractivity contribution in [2.24, 2.45) is 0 Å². The van der Waals surface area contributed by atoms with Gasteiger partial charge in [-0.05, 0) is 48.5 Å². The lowest BCUT2D eigenvalue weighted by atomic mass is 10.2. The van der Waals surface area contributed by atoms with Crippen LogP contribution in [0, 0.1) is 11.3 Å². The Kier molecular flexibility index (Phi) is 5.67. The summed E-state index contributed by atoms with van der Waals surface area (Å²) < 4.78 is 27.7. The van der Waals surface area contributed by atoms with Gasteiger partial charge in [0.15, 0.2) is 0 Å². The third-order valence-corrected chi connectivity index (χ3v) is 5.19. The number of amides is 1. The molecule has 0 unspecified atom stereocenters. The molecule has 0 spiro atoms. The van der Waals surface area contributed by atoms with Crippen molar-refractivity contribution in [1.82, 2.24) is 10.3 Å². The van der Waals surface area contributed by atoms with Crippen LogP contribution in [0.25, 0.3) is 0 Å². The minimum Gasteiger partial charge on any atom is -0.346 e. The summed E-state index contributed by atoms with van der Waals surface area (Å²) in [5, 5.41) is 11.6. The molecule has 1 amide bonds. The molecule has 2 aromatic carbocycles. The van der Waals surface area contributed by atoms with E-state index < -0.39 is 15.9 Å². The number of nitrogens with one attached hydrogen (secondary N) is 2. The molecule has 3 rings (SSSR count). The van der Waals surface area contributed by atoms with Gasteiger partial charge < -0.3 is 5.32 Å². The Morgan fingerprint density at radius 3 is 2.61 bits per heavy atom. The highest BCUT2D eigenvalue weighted by atomic mass is 32.2. The Bertz CT molecular complexity index is 1140. The Balaban J connectivity index is 1.75. The summed E-state index contributed by atoms with van der Waals surface area (Å²) in [5.74, 6) is -0.408. The van der Waals surface area contributed by atoms with Gasteiger partial charge in [0.05, 0.1) is 34.5 Å².